The number of carboxylic acid groups (broad SMARTS) is 1. The number of anilines is 1. The standard InChI is InChI=1S/C35H40Cl2N4O4/c36-29-11-9-27(22-30(29)37)34(43)41-19-15-25(16-20-41)8-4-7-24-13-17-40(18-14-24)32-12-10-28(23-38-32)33(42)39-31(35(44)45)21-26-5-2-1-3-6-26/h1-3,5-6,9-12,22-25,31H,4,7-8,13-21H2,(H,39,42)(H,44,45). The number of rotatable bonds is 11. The number of hydrogen-bond donors (Lipinski definition) is 2. The Hall–Kier alpha value is -3.62. The maximum absolute atomic E-state index is 12.9. The summed E-state index contributed by atoms with van der Waals surface area (Å²) in [6.07, 6.45) is 9.67. The number of halogens is 2. The fourth-order valence-electron chi connectivity index (χ4n) is 6.38. The van der Waals surface area contributed by atoms with E-state index in [-0.39, 0.29) is 12.3 Å². The van der Waals surface area contributed by atoms with Gasteiger partial charge in [-0.05, 0) is 73.4 Å². The smallest absolute Gasteiger partial charge is 0.326 e. The Kier molecular flexibility index (Phi) is 11.3. The molecule has 2 aromatic carbocycles. The molecule has 8 nitrogen and oxygen atoms in total. The van der Waals surface area contributed by atoms with E-state index in [0.717, 1.165) is 63.2 Å². The van der Waals surface area contributed by atoms with Gasteiger partial charge in [0.15, 0.2) is 0 Å². The van der Waals surface area contributed by atoms with Crippen molar-refractivity contribution in [3.05, 3.63) is 93.6 Å². The number of carbonyl (C=O) groups is 3. The molecule has 3 aromatic rings. The fraction of sp³-hybridized carbons (Fsp3) is 0.429. The van der Waals surface area contributed by atoms with Crippen molar-refractivity contribution in [1.82, 2.24) is 15.2 Å². The number of aliphatic carboxylic acids is 1. The van der Waals surface area contributed by atoms with Crippen LogP contribution in [0.15, 0.2) is 66.9 Å². The zero-order valence-corrected chi connectivity index (χ0v) is 26.8. The molecular formula is C35H40Cl2N4O4. The van der Waals surface area contributed by atoms with Gasteiger partial charge < -0.3 is 20.2 Å². The molecule has 238 valence electrons. The lowest BCUT2D eigenvalue weighted by atomic mass is 9.86. The molecule has 1 aromatic heterocycles. The Morgan fingerprint density at radius 2 is 1.49 bits per heavy atom. The summed E-state index contributed by atoms with van der Waals surface area (Å²) in [6, 6.07) is 16.9. The van der Waals surface area contributed by atoms with Crippen LogP contribution in [-0.4, -0.2) is 65.0 Å². The predicted molar refractivity (Wildman–Crippen MR) is 177 cm³/mol. The zero-order chi connectivity index (χ0) is 31.8. The molecule has 1 atom stereocenters. The number of nitrogens with one attached hydrogen (secondary N) is 1. The van der Waals surface area contributed by atoms with Crippen LogP contribution in [0.2, 0.25) is 10.0 Å². The van der Waals surface area contributed by atoms with Crippen molar-refractivity contribution < 1.29 is 19.5 Å². The van der Waals surface area contributed by atoms with Crippen LogP contribution >= 0.6 is 23.2 Å². The number of carboxylic acids is 1. The minimum Gasteiger partial charge on any atom is -0.480 e. The van der Waals surface area contributed by atoms with Gasteiger partial charge in [0.25, 0.3) is 11.8 Å². The first-order valence-electron chi connectivity index (χ1n) is 15.8. The molecule has 1 unspecified atom stereocenters. The molecule has 5 rings (SSSR count). The van der Waals surface area contributed by atoms with Crippen molar-refractivity contribution in [3.63, 3.8) is 0 Å². The molecule has 3 heterocycles. The summed E-state index contributed by atoms with van der Waals surface area (Å²) in [5, 5.41) is 13.1. The van der Waals surface area contributed by atoms with E-state index in [1.54, 1.807) is 24.3 Å². The second kappa shape index (κ2) is 15.6. The van der Waals surface area contributed by atoms with Gasteiger partial charge in [-0.1, -0.05) is 72.8 Å². The van der Waals surface area contributed by atoms with Crippen molar-refractivity contribution >= 4 is 46.8 Å². The highest BCUT2D eigenvalue weighted by Gasteiger charge is 2.26. The van der Waals surface area contributed by atoms with Gasteiger partial charge in [0, 0.05) is 44.4 Å². The van der Waals surface area contributed by atoms with Crippen LogP contribution in [0, 0.1) is 11.8 Å². The van der Waals surface area contributed by atoms with E-state index in [4.69, 9.17) is 23.2 Å². The van der Waals surface area contributed by atoms with Crippen LogP contribution in [0.3, 0.4) is 0 Å². The third-order valence-electron chi connectivity index (χ3n) is 9.13. The molecule has 2 N–H and O–H groups in total. The van der Waals surface area contributed by atoms with Crippen LogP contribution in [-0.2, 0) is 11.2 Å². The average molecular weight is 652 g/mol. The fourth-order valence-corrected chi connectivity index (χ4v) is 6.68. The van der Waals surface area contributed by atoms with Crippen LogP contribution in [0.25, 0.3) is 0 Å². The summed E-state index contributed by atoms with van der Waals surface area (Å²) in [5.41, 5.74) is 1.78. The van der Waals surface area contributed by atoms with Crippen molar-refractivity contribution in [3.8, 4) is 0 Å². The Bertz CT molecular complexity index is 1450. The minimum absolute atomic E-state index is 0.0248. The molecular weight excluding hydrogens is 611 g/mol. The van der Waals surface area contributed by atoms with E-state index in [0.29, 0.717) is 33.0 Å². The highest BCUT2D eigenvalue weighted by Crippen LogP contribution is 2.30. The molecule has 0 aliphatic carbocycles. The Labute approximate surface area is 274 Å². The van der Waals surface area contributed by atoms with Gasteiger partial charge in [0.05, 0.1) is 15.6 Å². The molecule has 0 bridgehead atoms. The molecule has 2 aliphatic rings. The minimum atomic E-state index is -1.07. The lowest BCUT2D eigenvalue weighted by Gasteiger charge is -2.34. The van der Waals surface area contributed by atoms with Crippen LogP contribution in [0.4, 0.5) is 5.82 Å². The normalized spacial score (nSPS) is 16.8. The number of piperidine rings is 2. The third-order valence-corrected chi connectivity index (χ3v) is 9.87. The molecule has 2 aliphatic heterocycles. The van der Waals surface area contributed by atoms with Crippen molar-refractivity contribution in [2.45, 2.75) is 57.4 Å². The van der Waals surface area contributed by atoms with E-state index in [2.05, 4.69) is 15.2 Å². The number of carbonyl (C=O) groups excluding carboxylic acids is 2. The van der Waals surface area contributed by atoms with Gasteiger partial charge >= 0.3 is 5.97 Å². The second-order valence-corrected chi connectivity index (χ2v) is 13.0. The lowest BCUT2D eigenvalue weighted by Crippen LogP contribution is -2.42. The van der Waals surface area contributed by atoms with Crippen molar-refractivity contribution in [2.24, 2.45) is 11.8 Å². The predicted octanol–water partition coefficient (Wildman–Crippen LogP) is 6.75. The SMILES string of the molecule is O=C(NC(Cc1ccccc1)C(=O)O)c1ccc(N2CCC(CCCC3CCN(C(=O)c4ccc(Cl)c(Cl)c4)CC3)CC2)nc1. The summed E-state index contributed by atoms with van der Waals surface area (Å²) < 4.78 is 0. The first-order valence-corrected chi connectivity index (χ1v) is 16.6. The highest BCUT2D eigenvalue weighted by molar-refractivity contribution is 6.42. The average Bonchev–Trinajstić information content (AvgIpc) is 3.06. The molecule has 0 radical (unpaired) electrons. The van der Waals surface area contributed by atoms with E-state index < -0.39 is 17.9 Å². The topological polar surface area (TPSA) is 103 Å². The molecule has 45 heavy (non-hydrogen) atoms. The van der Waals surface area contributed by atoms with E-state index in [9.17, 15) is 19.5 Å². The summed E-state index contributed by atoms with van der Waals surface area (Å²) in [4.78, 5) is 46.1. The third kappa shape index (κ3) is 8.98. The summed E-state index contributed by atoms with van der Waals surface area (Å²) in [7, 11) is 0. The van der Waals surface area contributed by atoms with Gasteiger partial charge in [-0.3, -0.25) is 9.59 Å². The molecule has 2 saturated heterocycles. The largest absolute Gasteiger partial charge is 0.480 e. The van der Waals surface area contributed by atoms with Crippen LogP contribution < -0.4 is 10.2 Å². The summed E-state index contributed by atoms with van der Waals surface area (Å²) in [6.45, 7) is 3.42. The van der Waals surface area contributed by atoms with Gasteiger partial charge in [-0.15, -0.1) is 0 Å². The van der Waals surface area contributed by atoms with E-state index in [1.807, 2.05) is 41.3 Å². The Morgan fingerprint density at radius 3 is 2.09 bits per heavy atom. The quantitative estimate of drug-likeness (QED) is 0.238. The second-order valence-electron chi connectivity index (χ2n) is 12.2. The highest BCUT2D eigenvalue weighted by atomic mass is 35.5. The van der Waals surface area contributed by atoms with Gasteiger partial charge in [0.2, 0.25) is 0 Å². The van der Waals surface area contributed by atoms with Gasteiger partial charge in [-0.2, -0.15) is 0 Å². The van der Waals surface area contributed by atoms with Crippen molar-refractivity contribution in [1.29, 1.82) is 0 Å². The first kappa shape index (κ1) is 32.8. The van der Waals surface area contributed by atoms with E-state index >= 15 is 0 Å². The monoisotopic (exact) mass is 650 g/mol. The first-order chi connectivity index (χ1) is 21.8. The summed E-state index contributed by atoms with van der Waals surface area (Å²) in [5.74, 6) is 0.702. The van der Waals surface area contributed by atoms with Crippen LogP contribution in [0.5, 0.6) is 0 Å². The number of likely N-dealkylation sites (tertiary alicyclic amines) is 1. The van der Waals surface area contributed by atoms with Gasteiger partial charge in [-0.25, -0.2) is 9.78 Å². The molecule has 0 saturated carbocycles. The lowest BCUT2D eigenvalue weighted by molar-refractivity contribution is -0.139. The zero-order valence-electron chi connectivity index (χ0n) is 25.3. The number of hydrogen-bond acceptors (Lipinski definition) is 5. The van der Waals surface area contributed by atoms with Gasteiger partial charge in [0.1, 0.15) is 11.9 Å². The number of benzene rings is 2. The summed E-state index contributed by atoms with van der Waals surface area (Å²) >= 11 is 12.1. The van der Waals surface area contributed by atoms with Crippen LogP contribution in [0.1, 0.15) is 71.2 Å². The maximum atomic E-state index is 12.9. The number of pyridine rings is 1. The molecule has 0 spiro atoms. The van der Waals surface area contributed by atoms with E-state index in [1.165, 1.54) is 25.5 Å². The Balaban J connectivity index is 1.00. The number of amides is 2. The Morgan fingerprint density at radius 1 is 0.844 bits per heavy atom. The molecule has 2 fully saturated rings. The number of aromatic nitrogens is 1. The molecule has 10 heteroatoms. The number of nitrogens with zero attached hydrogens (tertiary/aromatic N) is 3. The maximum Gasteiger partial charge on any atom is 0.326 e. The van der Waals surface area contributed by atoms with Crippen molar-refractivity contribution in [2.75, 3.05) is 31.1 Å². The molecule has 2 amide bonds.